The van der Waals surface area contributed by atoms with Crippen molar-refractivity contribution >= 4 is 33.7 Å². The summed E-state index contributed by atoms with van der Waals surface area (Å²) in [5, 5.41) is 27.5. The molecule has 9 nitrogen and oxygen atoms in total. The highest BCUT2D eigenvalue weighted by Crippen LogP contribution is 2.36. The van der Waals surface area contributed by atoms with E-state index in [0.29, 0.717) is 18.6 Å². The second-order valence-corrected chi connectivity index (χ2v) is 7.94. The van der Waals surface area contributed by atoms with Gasteiger partial charge in [0.1, 0.15) is 17.0 Å². The highest BCUT2D eigenvalue weighted by Gasteiger charge is 2.20. The Bertz CT molecular complexity index is 1410. The third-order valence-electron chi connectivity index (χ3n) is 5.45. The van der Waals surface area contributed by atoms with Gasteiger partial charge in [-0.1, -0.05) is 42.0 Å². The summed E-state index contributed by atoms with van der Waals surface area (Å²) in [5.74, 6) is 0.836. The lowest BCUT2D eigenvalue weighted by molar-refractivity contribution is -0.393. The van der Waals surface area contributed by atoms with Gasteiger partial charge in [-0.25, -0.2) is 0 Å². The second-order valence-electron chi connectivity index (χ2n) is 7.94. The zero-order chi connectivity index (χ0) is 24.2. The van der Waals surface area contributed by atoms with Crippen molar-refractivity contribution in [1.82, 2.24) is 0 Å². The fourth-order valence-corrected chi connectivity index (χ4v) is 3.74. The first kappa shape index (κ1) is 22.7. The molecular formula is C25H22N4O5. The molecule has 0 aliphatic carbocycles. The van der Waals surface area contributed by atoms with Crippen LogP contribution in [-0.2, 0) is 6.42 Å². The van der Waals surface area contributed by atoms with Crippen LogP contribution in [0.15, 0.2) is 76.2 Å². The van der Waals surface area contributed by atoms with E-state index in [1.807, 2.05) is 49.4 Å². The second kappa shape index (κ2) is 9.53. The molecule has 9 heteroatoms. The van der Waals surface area contributed by atoms with Crippen molar-refractivity contribution in [2.45, 2.75) is 26.7 Å². The molecular weight excluding hydrogens is 436 g/mol. The van der Waals surface area contributed by atoms with Crippen LogP contribution in [0.4, 0.5) is 17.1 Å². The van der Waals surface area contributed by atoms with Crippen molar-refractivity contribution < 1.29 is 14.3 Å². The fraction of sp³-hybridized carbons (Fsp3) is 0.160. The number of hydrogen-bond donors (Lipinski definition) is 1. The molecule has 0 aliphatic rings. The third-order valence-corrected chi connectivity index (χ3v) is 5.45. The van der Waals surface area contributed by atoms with Gasteiger partial charge >= 0.3 is 5.69 Å². The Labute approximate surface area is 195 Å². The van der Waals surface area contributed by atoms with E-state index in [-0.39, 0.29) is 11.4 Å². The van der Waals surface area contributed by atoms with E-state index in [9.17, 15) is 20.2 Å². The number of nitrogens with zero attached hydrogens (tertiary/aromatic N) is 3. The lowest BCUT2D eigenvalue weighted by Crippen LogP contribution is -2.02. The van der Waals surface area contributed by atoms with Gasteiger partial charge in [0.15, 0.2) is 0 Å². The summed E-state index contributed by atoms with van der Waals surface area (Å²) in [6, 6.07) is 19.5. The monoisotopic (exact) mass is 458 g/mol. The lowest BCUT2D eigenvalue weighted by atomic mass is 9.99. The number of hydrogen-bond acceptors (Lipinski definition) is 7. The Morgan fingerprint density at radius 3 is 2.47 bits per heavy atom. The van der Waals surface area contributed by atoms with Crippen LogP contribution in [0.25, 0.3) is 22.1 Å². The number of nitrogens with one attached hydrogen (secondary N) is 1. The van der Waals surface area contributed by atoms with Crippen LogP contribution in [0.3, 0.4) is 0 Å². The molecule has 0 bridgehead atoms. The Hall–Kier alpha value is -4.53. The normalized spacial score (nSPS) is 11.5. The molecule has 3 aromatic carbocycles. The predicted molar refractivity (Wildman–Crippen MR) is 131 cm³/mol. The smallest absolute Gasteiger partial charge is 0.301 e. The molecule has 34 heavy (non-hydrogen) atoms. The number of nitro benzene ring substituents is 2. The van der Waals surface area contributed by atoms with Crippen molar-refractivity contribution in [3.05, 3.63) is 98.3 Å². The summed E-state index contributed by atoms with van der Waals surface area (Å²) < 4.78 is 6.18. The summed E-state index contributed by atoms with van der Waals surface area (Å²) in [6.07, 6.45) is 1.13. The number of nitro groups is 2. The first-order chi connectivity index (χ1) is 16.3. The molecule has 1 N–H and O–H groups in total. The van der Waals surface area contributed by atoms with Crippen molar-refractivity contribution in [2.75, 3.05) is 5.43 Å². The quantitative estimate of drug-likeness (QED) is 0.179. The molecule has 0 fully saturated rings. The van der Waals surface area contributed by atoms with Gasteiger partial charge in [0.25, 0.3) is 5.69 Å². The van der Waals surface area contributed by atoms with Crippen LogP contribution in [0, 0.1) is 27.2 Å². The van der Waals surface area contributed by atoms with Gasteiger partial charge in [0.2, 0.25) is 0 Å². The highest BCUT2D eigenvalue weighted by atomic mass is 16.6. The van der Waals surface area contributed by atoms with Crippen molar-refractivity contribution in [2.24, 2.45) is 5.10 Å². The average Bonchev–Trinajstić information content (AvgIpc) is 3.19. The number of furan rings is 1. The van der Waals surface area contributed by atoms with E-state index < -0.39 is 15.5 Å². The van der Waals surface area contributed by atoms with E-state index in [0.717, 1.165) is 39.5 Å². The summed E-state index contributed by atoms with van der Waals surface area (Å²) in [5.41, 5.74) is 6.75. The maximum absolute atomic E-state index is 11.3. The van der Waals surface area contributed by atoms with Gasteiger partial charge in [-0.3, -0.25) is 25.7 Å². The number of hydrazone groups is 1. The van der Waals surface area contributed by atoms with Crippen LogP contribution in [-0.4, -0.2) is 15.6 Å². The Morgan fingerprint density at radius 1 is 1.00 bits per heavy atom. The molecule has 4 rings (SSSR count). The molecule has 0 saturated heterocycles. The number of rotatable bonds is 8. The molecule has 172 valence electrons. The summed E-state index contributed by atoms with van der Waals surface area (Å²) in [6.45, 7) is 3.85. The molecule has 0 atom stereocenters. The van der Waals surface area contributed by atoms with E-state index in [2.05, 4.69) is 16.6 Å². The molecule has 0 amide bonds. The van der Waals surface area contributed by atoms with E-state index in [1.54, 1.807) is 6.92 Å². The topological polar surface area (TPSA) is 124 Å². The van der Waals surface area contributed by atoms with Gasteiger partial charge in [-0.2, -0.15) is 5.10 Å². The van der Waals surface area contributed by atoms with E-state index in [1.165, 1.54) is 12.1 Å². The largest absolute Gasteiger partial charge is 0.460 e. The standard InChI is InChI=1S/C25H22N4O5/c1-16-8-12-23-20(14-16)25(18-6-4-3-5-7-18)24(34-23)13-9-17(2)26-27-21-11-10-19(28(30)31)15-22(21)29(32)33/h3-8,10-12,14-15,27H,9,13H2,1-2H3. The van der Waals surface area contributed by atoms with Crippen LogP contribution in [0.2, 0.25) is 0 Å². The lowest BCUT2D eigenvalue weighted by Gasteiger charge is -2.06. The Kier molecular flexibility index (Phi) is 6.35. The van der Waals surface area contributed by atoms with Gasteiger partial charge in [0, 0.05) is 29.1 Å². The van der Waals surface area contributed by atoms with Crippen molar-refractivity contribution in [3.8, 4) is 11.1 Å². The fourth-order valence-electron chi connectivity index (χ4n) is 3.74. The minimum Gasteiger partial charge on any atom is -0.460 e. The number of fused-ring (bicyclic) bond motifs is 1. The molecule has 4 aromatic rings. The number of aryl methyl sites for hydroxylation is 2. The van der Waals surface area contributed by atoms with Gasteiger partial charge < -0.3 is 4.42 Å². The van der Waals surface area contributed by atoms with Crippen molar-refractivity contribution in [1.29, 1.82) is 0 Å². The number of anilines is 1. The molecule has 0 unspecified atom stereocenters. The van der Waals surface area contributed by atoms with E-state index >= 15 is 0 Å². The molecule has 0 spiro atoms. The van der Waals surface area contributed by atoms with Crippen LogP contribution >= 0.6 is 0 Å². The first-order valence-electron chi connectivity index (χ1n) is 10.6. The van der Waals surface area contributed by atoms with Gasteiger partial charge in [0.05, 0.1) is 15.9 Å². The van der Waals surface area contributed by atoms with Crippen LogP contribution < -0.4 is 5.43 Å². The zero-order valence-electron chi connectivity index (χ0n) is 18.6. The molecule has 1 heterocycles. The molecule has 0 radical (unpaired) electrons. The molecule has 0 saturated carbocycles. The maximum atomic E-state index is 11.3. The Morgan fingerprint density at radius 2 is 1.76 bits per heavy atom. The summed E-state index contributed by atoms with van der Waals surface area (Å²) in [4.78, 5) is 20.9. The van der Waals surface area contributed by atoms with Crippen LogP contribution in [0.1, 0.15) is 24.7 Å². The predicted octanol–water partition coefficient (Wildman–Crippen LogP) is 6.65. The zero-order valence-corrected chi connectivity index (χ0v) is 18.6. The van der Waals surface area contributed by atoms with Crippen LogP contribution in [0.5, 0.6) is 0 Å². The minimum absolute atomic E-state index is 0.0825. The summed E-state index contributed by atoms with van der Waals surface area (Å²) in [7, 11) is 0. The molecule has 0 aliphatic heterocycles. The Balaban J connectivity index is 1.57. The number of benzene rings is 3. The average molecular weight is 458 g/mol. The first-order valence-corrected chi connectivity index (χ1v) is 10.6. The highest BCUT2D eigenvalue weighted by molar-refractivity contribution is 5.96. The SMILES string of the molecule is CC(CCc1oc2ccc(C)cc2c1-c1ccccc1)=NNc1ccc([N+](=O)[O-])cc1[N+](=O)[O-]. The summed E-state index contributed by atoms with van der Waals surface area (Å²) >= 11 is 0. The van der Waals surface area contributed by atoms with E-state index in [4.69, 9.17) is 4.42 Å². The van der Waals surface area contributed by atoms with Crippen molar-refractivity contribution in [3.63, 3.8) is 0 Å². The van der Waals surface area contributed by atoms with Gasteiger partial charge in [-0.05, 0) is 44.0 Å². The maximum Gasteiger partial charge on any atom is 0.301 e. The number of non-ortho nitro benzene ring substituents is 1. The third kappa shape index (κ3) is 4.78. The van der Waals surface area contributed by atoms with Gasteiger partial charge in [-0.15, -0.1) is 0 Å². The minimum atomic E-state index is -0.678. The molecule has 1 aromatic heterocycles.